The van der Waals surface area contributed by atoms with Crippen molar-refractivity contribution < 1.29 is 9.84 Å². The number of hydrogen-bond acceptors (Lipinski definition) is 4. The van der Waals surface area contributed by atoms with E-state index in [0.717, 1.165) is 6.54 Å². The number of ether oxygens (including phenoxy) is 1. The number of nitrogens with one attached hydrogen (secondary N) is 1. The summed E-state index contributed by atoms with van der Waals surface area (Å²) in [5.41, 5.74) is 0. The largest absolute Gasteiger partial charge is 0.389 e. The average Bonchev–Trinajstić information content (AvgIpc) is 2.72. The molecule has 1 saturated heterocycles. The van der Waals surface area contributed by atoms with Crippen LogP contribution in [0.25, 0.3) is 0 Å². The molecule has 2 rings (SSSR count). The molecule has 1 aliphatic heterocycles. The average molecular weight is 199 g/mol. The van der Waals surface area contributed by atoms with Crippen LogP contribution >= 0.6 is 11.3 Å². The van der Waals surface area contributed by atoms with Gasteiger partial charge in [-0.3, -0.25) is 0 Å². The van der Waals surface area contributed by atoms with Crippen LogP contribution in [0.3, 0.4) is 0 Å². The Hall–Kier alpha value is -0.420. The van der Waals surface area contributed by atoms with Crippen molar-refractivity contribution in [3.63, 3.8) is 0 Å². The van der Waals surface area contributed by atoms with E-state index >= 15 is 0 Å². The molecule has 0 aliphatic carbocycles. The SMILES string of the molecule is O[C@@H]1COC[C@H]1NCc1cccs1. The van der Waals surface area contributed by atoms with E-state index in [2.05, 4.69) is 16.8 Å². The van der Waals surface area contributed by atoms with Gasteiger partial charge in [-0.15, -0.1) is 11.3 Å². The Bertz CT molecular complexity index is 250. The first-order valence-corrected chi connectivity index (χ1v) is 5.26. The molecular weight excluding hydrogens is 186 g/mol. The van der Waals surface area contributed by atoms with E-state index in [0.29, 0.717) is 13.2 Å². The Morgan fingerprint density at radius 1 is 1.62 bits per heavy atom. The van der Waals surface area contributed by atoms with Gasteiger partial charge in [0.25, 0.3) is 0 Å². The van der Waals surface area contributed by atoms with E-state index < -0.39 is 0 Å². The zero-order chi connectivity index (χ0) is 9.10. The molecule has 0 aromatic carbocycles. The number of hydrogen-bond donors (Lipinski definition) is 2. The van der Waals surface area contributed by atoms with Crippen LogP contribution in [0.5, 0.6) is 0 Å². The molecule has 13 heavy (non-hydrogen) atoms. The fourth-order valence-corrected chi connectivity index (χ4v) is 2.04. The third-order valence-corrected chi connectivity index (χ3v) is 3.05. The molecule has 1 aliphatic rings. The lowest BCUT2D eigenvalue weighted by molar-refractivity contribution is 0.122. The first kappa shape index (κ1) is 9.15. The monoisotopic (exact) mass is 199 g/mol. The Morgan fingerprint density at radius 3 is 3.15 bits per heavy atom. The molecule has 3 nitrogen and oxygen atoms in total. The Balaban J connectivity index is 1.79. The summed E-state index contributed by atoms with van der Waals surface area (Å²) in [6.07, 6.45) is -0.347. The molecule has 4 heteroatoms. The second kappa shape index (κ2) is 4.19. The van der Waals surface area contributed by atoms with E-state index in [1.807, 2.05) is 6.07 Å². The van der Waals surface area contributed by atoms with Gasteiger partial charge in [0.1, 0.15) is 0 Å². The van der Waals surface area contributed by atoms with Gasteiger partial charge >= 0.3 is 0 Å². The van der Waals surface area contributed by atoms with Gasteiger partial charge in [0, 0.05) is 11.4 Å². The summed E-state index contributed by atoms with van der Waals surface area (Å²) < 4.78 is 5.13. The molecule has 0 bridgehead atoms. The van der Waals surface area contributed by atoms with Gasteiger partial charge in [-0.1, -0.05) is 6.07 Å². The smallest absolute Gasteiger partial charge is 0.0948 e. The standard InChI is InChI=1S/C9H13NO2S/c11-9-6-12-5-8(9)10-4-7-2-1-3-13-7/h1-3,8-11H,4-6H2/t8-,9-/m1/s1. The van der Waals surface area contributed by atoms with Crippen molar-refractivity contribution in [2.45, 2.75) is 18.7 Å². The van der Waals surface area contributed by atoms with Crippen molar-refractivity contribution in [3.05, 3.63) is 22.4 Å². The van der Waals surface area contributed by atoms with Gasteiger partial charge in [0.15, 0.2) is 0 Å². The highest BCUT2D eigenvalue weighted by Crippen LogP contribution is 2.10. The fourth-order valence-electron chi connectivity index (χ4n) is 1.38. The molecule has 2 atom stereocenters. The molecule has 0 unspecified atom stereocenters. The first-order valence-electron chi connectivity index (χ1n) is 4.38. The zero-order valence-corrected chi connectivity index (χ0v) is 8.09. The van der Waals surface area contributed by atoms with Gasteiger partial charge in [-0.05, 0) is 11.4 Å². The summed E-state index contributed by atoms with van der Waals surface area (Å²) >= 11 is 1.72. The lowest BCUT2D eigenvalue weighted by Gasteiger charge is -2.13. The third-order valence-electron chi connectivity index (χ3n) is 2.17. The van der Waals surface area contributed by atoms with Crippen LogP contribution in [0.1, 0.15) is 4.88 Å². The molecule has 1 fully saturated rings. The van der Waals surface area contributed by atoms with Crippen LogP contribution in [0, 0.1) is 0 Å². The Labute approximate surface area is 81.3 Å². The summed E-state index contributed by atoms with van der Waals surface area (Å²) in [5.74, 6) is 0. The first-order chi connectivity index (χ1) is 6.36. The maximum atomic E-state index is 9.43. The summed E-state index contributed by atoms with van der Waals surface area (Å²) in [7, 11) is 0. The predicted molar refractivity (Wildman–Crippen MR) is 51.8 cm³/mol. The highest BCUT2D eigenvalue weighted by atomic mass is 32.1. The minimum atomic E-state index is -0.347. The van der Waals surface area contributed by atoms with Gasteiger partial charge in [0.05, 0.1) is 25.4 Å². The molecule has 1 aromatic rings. The molecule has 1 aromatic heterocycles. The number of aliphatic hydroxyl groups is 1. The molecule has 0 amide bonds. The highest BCUT2D eigenvalue weighted by molar-refractivity contribution is 7.09. The molecule has 2 N–H and O–H groups in total. The van der Waals surface area contributed by atoms with E-state index in [-0.39, 0.29) is 12.1 Å². The lowest BCUT2D eigenvalue weighted by atomic mass is 10.2. The van der Waals surface area contributed by atoms with Crippen LogP contribution in [-0.4, -0.2) is 30.5 Å². The number of thiophene rings is 1. The maximum absolute atomic E-state index is 9.43. The van der Waals surface area contributed by atoms with Crippen molar-refractivity contribution in [1.82, 2.24) is 5.32 Å². The topological polar surface area (TPSA) is 41.5 Å². The van der Waals surface area contributed by atoms with Crippen molar-refractivity contribution in [1.29, 1.82) is 0 Å². The van der Waals surface area contributed by atoms with Gasteiger partial charge in [0.2, 0.25) is 0 Å². The van der Waals surface area contributed by atoms with Crippen LogP contribution in [0.2, 0.25) is 0 Å². The quantitative estimate of drug-likeness (QED) is 0.749. The summed E-state index contributed by atoms with van der Waals surface area (Å²) in [4.78, 5) is 1.29. The summed E-state index contributed by atoms with van der Waals surface area (Å²) in [6.45, 7) is 1.90. The Morgan fingerprint density at radius 2 is 2.54 bits per heavy atom. The lowest BCUT2D eigenvalue weighted by Crippen LogP contribution is -2.38. The molecule has 0 spiro atoms. The predicted octanol–water partition coefficient (Wildman–Crippen LogP) is 0.597. The molecular formula is C9H13NO2S. The normalized spacial score (nSPS) is 28.1. The zero-order valence-electron chi connectivity index (χ0n) is 7.27. The van der Waals surface area contributed by atoms with Crippen LogP contribution < -0.4 is 5.32 Å². The van der Waals surface area contributed by atoms with E-state index in [4.69, 9.17) is 4.74 Å². The van der Waals surface area contributed by atoms with E-state index in [1.165, 1.54) is 4.88 Å². The molecule has 2 heterocycles. The summed E-state index contributed by atoms with van der Waals surface area (Å²) in [6, 6.07) is 4.21. The fraction of sp³-hybridized carbons (Fsp3) is 0.556. The highest BCUT2D eigenvalue weighted by Gasteiger charge is 2.25. The minimum absolute atomic E-state index is 0.0992. The van der Waals surface area contributed by atoms with Crippen LogP contribution in [0.15, 0.2) is 17.5 Å². The van der Waals surface area contributed by atoms with Crippen LogP contribution in [0.4, 0.5) is 0 Å². The second-order valence-electron chi connectivity index (χ2n) is 3.17. The number of aliphatic hydroxyl groups excluding tert-OH is 1. The van der Waals surface area contributed by atoms with Crippen molar-refractivity contribution in [3.8, 4) is 0 Å². The number of rotatable bonds is 3. The molecule has 0 radical (unpaired) electrons. The van der Waals surface area contributed by atoms with E-state index in [1.54, 1.807) is 11.3 Å². The third kappa shape index (κ3) is 2.28. The van der Waals surface area contributed by atoms with Crippen molar-refractivity contribution in [2.75, 3.05) is 13.2 Å². The maximum Gasteiger partial charge on any atom is 0.0948 e. The van der Waals surface area contributed by atoms with Crippen LogP contribution in [-0.2, 0) is 11.3 Å². The minimum Gasteiger partial charge on any atom is -0.389 e. The van der Waals surface area contributed by atoms with Gasteiger partial charge < -0.3 is 15.2 Å². The van der Waals surface area contributed by atoms with Crippen molar-refractivity contribution >= 4 is 11.3 Å². The van der Waals surface area contributed by atoms with Gasteiger partial charge in [-0.2, -0.15) is 0 Å². The second-order valence-corrected chi connectivity index (χ2v) is 4.20. The van der Waals surface area contributed by atoms with E-state index in [9.17, 15) is 5.11 Å². The molecule has 72 valence electrons. The summed E-state index contributed by atoms with van der Waals surface area (Å²) in [5, 5.41) is 14.8. The van der Waals surface area contributed by atoms with Crippen molar-refractivity contribution in [2.24, 2.45) is 0 Å². The Kier molecular flexibility index (Phi) is 2.95. The van der Waals surface area contributed by atoms with Gasteiger partial charge in [-0.25, -0.2) is 0 Å². The molecule has 0 saturated carbocycles.